The van der Waals surface area contributed by atoms with Crippen LogP contribution in [0, 0.1) is 0 Å². The maximum Gasteiger partial charge on any atom is 0.411 e. The van der Waals surface area contributed by atoms with Gasteiger partial charge < -0.3 is 9.47 Å². The zero-order valence-electron chi connectivity index (χ0n) is 15.3. The molecule has 1 fully saturated rings. The molecule has 0 aliphatic carbocycles. The van der Waals surface area contributed by atoms with Crippen molar-refractivity contribution in [3.63, 3.8) is 0 Å². The SMILES string of the molecule is CC(=O)C[C@H]1CC[C@H](C(=O)OC(C)(C)C)N1C(=O)OC(C)(C)C. The third kappa shape index (κ3) is 6.20. The van der Waals surface area contributed by atoms with E-state index in [9.17, 15) is 14.4 Å². The molecule has 1 aliphatic rings. The summed E-state index contributed by atoms with van der Waals surface area (Å²) < 4.78 is 10.8. The molecule has 23 heavy (non-hydrogen) atoms. The predicted molar refractivity (Wildman–Crippen MR) is 86.0 cm³/mol. The Labute approximate surface area is 138 Å². The van der Waals surface area contributed by atoms with E-state index < -0.39 is 29.3 Å². The average Bonchev–Trinajstić information content (AvgIpc) is 2.66. The van der Waals surface area contributed by atoms with Crippen LogP contribution in [0.15, 0.2) is 0 Å². The Balaban J connectivity index is 2.97. The molecule has 0 bridgehead atoms. The summed E-state index contributed by atoms with van der Waals surface area (Å²) in [5, 5.41) is 0. The number of likely N-dealkylation sites (tertiary alicyclic amines) is 1. The van der Waals surface area contributed by atoms with Crippen molar-refractivity contribution < 1.29 is 23.9 Å². The van der Waals surface area contributed by atoms with Gasteiger partial charge in [-0.15, -0.1) is 0 Å². The fourth-order valence-electron chi connectivity index (χ4n) is 2.61. The number of ketones is 1. The first-order valence-electron chi connectivity index (χ1n) is 8.04. The summed E-state index contributed by atoms with van der Waals surface area (Å²) in [6, 6.07) is -1.02. The molecule has 2 atom stereocenters. The van der Waals surface area contributed by atoms with Gasteiger partial charge in [-0.3, -0.25) is 9.69 Å². The van der Waals surface area contributed by atoms with Crippen molar-refractivity contribution in [2.24, 2.45) is 0 Å². The quantitative estimate of drug-likeness (QED) is 0.745. The smallest absolute Gasteiger partial charge is 0.411 e. The number of esters is 1. The molecule has 0 aromatic rings. The molecule has 1 heterocycles. The van der Waals surface area contributed by atoms with E-state index in [0.717, 1.165) is 0 Å². The largest absolute Gasteiger partial charge is 0.458 e. The topological polar surface area (TPSA) is 72.9 Å². The van der Waals surface area contributed by atoms with Crippen LogP contribution in [0.1, 0.15) is 67.7 Å². The minimum atomic E-state index is -0.701. The minimum absolute atomic E-state index is 0.0200. The summed E-state index contributed by atoms with van der Waals surface area (Å²) in [6.07, 6.45) is 0.713. The van der Waals surface area contributed by atoms with Gasteiger partial charge in [0.25, 0.3) is 0 Å². The number of rotatable bonds is 3. The van der Waals surface area contributed by atoms with E-state index in [1.54, 1.807) is 41.5 Å². The Morgan fingerprint density at radius 2 is 1.48 bits per heavy atom. The van der Waals surface area contributed by atoms with Crippen LogP contribution in [0.4, 0.5) is 4.79 Å². The van der Waals surface area contributed by atoms with Crippen LogP contribution in [0.25, 0.3) is 0 Å². The molecule has 1 aliphatic heterocycles. The van der Waals surface area contributed by atoms with Crippen molar-refractivity contribution in [1.29, 1.82) is 0 Å². The van der Waals surface area contributed by atoms with Crippen LogP contribution in [0.3, 0.4) is 0 Å². The van der Waals surface area contributed by atoms with Crippen LogP contribution in [-0.2, 0) is 19.1 Å². The first kappa shape index (κ1) is 19.5. The lowest BCUT2D eigenvalue weighted by Crippen LogP contribution is -2.49. The summed E-state index contributed by atoms with van der Waals surface area (Å²) in [5.41, 5.74) is -1.30. The van der Waals surface area contributed by atoms with Crippen LogP contribution in [0.2, 0.25) is 0 Å². The Hall–Kier alpha value is -1.59. The number of amides is 1. The molecule has 0 aromatic carbocycles. The van der Waals surface area contributed by atoms with Crippen LogP contribution in [0.5, 0.6) is 0 Å². The first-order valence-corrected chi connectivity index (χ1v) is 8.04. The summed E-state index contributed by atoms with van der Waals surface area (Å²) in [6.45, 7) is 12.1. The second-order valence-corrected chi connectivity index (χ2v) is 8.07. The highest BCUT2D eigenvalue weighted by molar-refractivity contribution is 5.84. The van der Waals surface area contributed by atoms with E-state index in [1.807, 2.05) is 0 Å². The maximum atomic E-state index is 12.5. The molecule has 6 nitrogen and oxygen atoms in total. The van der Waals surface area contributed by atoms with Gasteiger partial charge in [-0.1, -0.05) is 0 Å². The standard InChI is InChI=1S/C17H29NO5/c1-11(19)10-12-8-9-13(14(20)22-16(2,3)4)18(12)15(21)23-17(5,6)7/h12-13H,8-10H2,1-7H3/t12-,13-/m1/s1. The number of ether oxygens (including phenoxy) is 2. The molecule has 0 aromatic heterocycles. The Bertz CT molecular complexity index is 472. The van der Waals surface area contributed by atoms with E-state index in [-0.39, 0.29) is 18.2 Å². The number of carbonyl (C=O) groups is 3. The summed E-state index contributed by atoms with van der Waals surface area (Å²) in [7, 11) is 0. The zero-order valence-corrected chi connectivity index (χ0v) is 15.3. The molecule has 1 rings (SSSR count). The highest BCUT2D eigenvalue weighted by Crippen LogP contribution is 2.30. The second-order valence-electron chi connectivity index (χ2n) is 8.07. The maximum absolute atomic E-state index is 12.5. The van der Waals surface area contributed by atoms with Crippen LogP contribution >= 0.6 is 0 Å². The van der Waals surface area contributed by atoms with Gasteiger partial charge in [0.05, 0.1) is 0 Å². The van der Waals surface area contributed by atoms with Crippen molar-refractivity contribution >= 4 is 17.8 Å². The second kappa shape index (κ2) is 6.89. The van der Waals surface area contributed by atoms with Gasteiger partial charge >= 0.3 is 12.1 Å². The van der Waals surface area contributed by atoms with Crippen LogP contribution in [-0.4, -0.2) is 46.0 Å². The first-order chi connectivity index (χ1) is 10.3. The number of Topliss-reactive ketones (excluding diaryl/α,β-unsaturated/α-hetero) is 1. The van der Waals surface area contributed by atoms with E-state index in [1.165, 1.54) is 11.8 Å². The molecule has 0 saturated carbocycles. The number of nitrogens with zero attached hydrogens (tertiary/aromatic N) is 1. The number of hydrogen-bond donors (Lipinski definition) is 0. The van der Waals surface area contributed by atoms with Crippen molar-refractivity contribution in [3.8, 4) is 0 Å². The minimum Gasteiger partial charge on any atom is -0.458 e. The van der Waals surface area contributed by atoms with Gasteiger partial charge in [0, 0.05) is 12.5 Å². The normalized spacial score (nSPS) is 22.0. The summed E-state index contributed by atoms with van der Waals surface area (Å²) >= 11 is 0. The summed E-state index contributed by atoms with van der Waals surface area (Å²) in [4.78, 5) is 37.8. The van der Waals surface area contributed by atoms with E-state index >= 15 is 0 Å². The predicted octanol–water partition coefficient (Wildman–Crippen LogP) is 3.08. The molecular formula is C17H29NO5. The molecule has 1 saturated heterocycles. The molecule has 6 heteroatoms. The highest BCUT2D eigenvalue weighted by Gasteiger charge is 2.44. The summed E-state index contributed by atoms with van der Waals surface area (Å²) in [5.74, 6) is -0.470. The van der Waals surface area contributed by atoms with E-state index in [0.29, 0.717) is 12.8 Å². The third-order valence-corrected chi connectivity index (χ3v) is 3.31. The monoisotopic (exact) mass is 327 g/mol. The molecule has 132 valence electrons. The van der Waals surface area contributed by atoms with Crippen molar-refractivity contribution in [1.82, 2.24) is 4.90 Å². The van der Waals surface area contributed by atoms with Gasteiger partial charge in [0.1, 0.15) is 23.0 Å². The molecule has 0 spiro atoms. The third-order valence-electron chi connectivity index (χ3n) is 3.31. The average molecular weight is 327 g/mol. The van der Waals surface area contributed by atoms with Crippen molar-refractivity contribution in [2.75, 3.05) is 0 Å². The van der Waals surface area contributed by atoms with Crippen molar-refractivity contribution in [2.45, 2.75) is 91.0 Å². The van der Waals surface area contributed by atoms with Gasteiger partial charge in [0.15, 0.2) is 0 Å². The lowest BCUT2D eigenvalue weighted by molar-refractivity contribution is -0.160. The van der Waals surface area contributed by atoms with E-state index in [2.05, 4.69) is 0 Å². The van der Waals surface area contributed by atoms with Crippen LogP contribution < -0.4 is 0 Å². The Morgan fingerprint density at radius 1 is 0.957 bits per heavy atom. The lowest BCUT2D eigenvalue weighted by Gasteiger charge is -2.32. The Morgan fingerprint density at radius 3 is 1.91 bits per heavy atom. The van der Waals surface area contributed by atoms with Gasteiger partial charge in [-0.05, 0) is 61.3 Å². The number of hydrogen-bond acceptors (Lipinski definition) is 5. The van der Waals surface area contributed by atoms with E-state index in [4.69, 9.17) is 9.47 Å². The zero-order chi connectivity index (χ0) is 18.0. The molecule has 1 amide bonds. The molecule has 0 N–H and O–H groups in total. The fourth-order valence-corrected chi connectivity index (χ4v) is 2.61. The van der Waals surface area contributed by atoms with Gasteiger partial charge in [-0.2, -0.15) is 0 Å². The van der Waals surface area contributed by atoms with Crippen molar-refractivity contribution in [3.05, 3.63) is 0 Å². The van der Waals surface area contributed by atoms with Gasteiger partial charge in [-0.25, -0.2) is 9.59 Å². The number of carbonyl (C=O) groups excluding carboxylic acids is 3. The Kier molecular flexibility index (Phi) is 5.83. The molecular weight excluding hydrogens is 298 g/mol. The molecule has 0 radical (unpaired) electrons. The van der Waals surface area contributed by atoms with Gasteiger partial charge in [0.2, 0.25) is 0 Å². The molecule has 0 unspecified atom stereocenters. The highest BCUT2D eigenvalue weighted by atomic mass is 16.6. The fraction of sp³-hybridized carbons (Fsp3) is 0.824. The lowest BCUT2D eigenvalue weighted by atomic mass is 10.1.